The first-order valence-corrected chi connectivity index (χ1v) is 10.4. The summed E-state index contributed by atoms with van der Waals surface area (Å²) in [4.78, 5) is 1.42. The monoisotopic (exact) mass is 378 g/mol. The number of aliphatic hydroxyl groups is 1. The van der Waals surface area contributed by atoms with Crippen LogP contribution in [0, 0.1) is 25.7 Å². The van der Waals surface area contributed by atoms with Crippen molar-refractivity contribution in [2.24, 2.45) is 11.8 Å². The third kappa shape index (κ3) is 4.99. The van der Waals surface area contributed by atoms with Crippen molar-refractivity contribution in [2.45, 2.75) is 51.0 Å². The molecule has 0 aliphatic heterocycles. The van der Waals surface area contributed by atoms with Crippen molar-refractivity contribution >= 4 is 22.9 Å². The first kappa shape index (κ1) is 18.8. The molecule has 4 heteroatoms. The quantitative estimate of drug-likeness (QED) is 0.656. The van der Waals surface area contributed by atoms with E-state index in [4.69, 9.17) is 16.3 Å². The first-order valence-electron chi connectivity index (χ1n) is 9.08. The third-order valence-electron chi connectivity index (χ3n) is 5.15. The number of aryl methyl sites for hydroxylation is 3. The van der Waals surface area contributed by atoms with Crippen LogP contribution in [0.2, 0.25) is 0 Å². The molecule has 1 aliphatic rings. The van der Waals surface area contributed by atoms with Crippen molar-refractivity contribution in [1.82, 2.24) is 0 Å². The first-order chi connectivity index (χ1) is 12.0. The number of ether oxygens (including phenoxy) is 1. The van der Waals surface area contributed by atoms with Crippen LogP contribution in [0.3, 0.4) is 0 Å². The van der Waals surface area contributed by atoms with Crippen LogP contribution in [-0.4, -0.2) is 23.2 Å². The molecule has 25 heavy (non-hydrogen) atoms. The molecule has 0 unspecified atom stereocenters. The summed E-state index contributed by atoms with van der Waals surface area (Å²) in [6, 6.07) is 10.5. The van der Waals surface area contributed by atoms with E-state index in [0.29, 0.717) is 18.9 Å². The molecule has 1 saturated carbocycles. The van der Waals surface area contributed by atoms with Gasteiger partial charge in [-0.2, -0.15) is 0 Å². The Labute approximate surface area is 159 Å². The lowest BCUT2D eigenvalue weighted by atomic mass is 9.90. The van der Waals surface area contributed by atoms with Crippen LogP contribution in [-0.2, 0) is 6.42 Å². The smallest absolute Gasteiger partial charge is 0.119 e. The largest absolute Gasteiger partial charge is 0.493 e. The maximum Gasteiger partial charge on any atom is 0.119 e. The summed E-state index contributed by atoms with van der Waals surface area (Å²) in [6.45, 7) is 4.69. The lowest BCUT2D eigenvalue weighted by Crippen LogP contribution is -2.27. The highest BCUT2D eigenvalue weighted by Gasteiger charge is 2.41. The summed E-state index contributed by atoms with van der Waals surface area (Å²) >= 11 is 8.36. The Morgan fingerprint density at radius 3 is 2.64 bits per heavy atom. The van der Waals surface area contributed by atoms with Gasteiger partial charge in [0, 0.05) is 16.2 Å². The Morgan fingerprint density at radius 2 is 1.96 bits per heavy atom. The van der Waals surface area contributed by atoms with Gasteiger partial charge in [-0.15, -0.1) is 22.9 Å². The summed E-state index contributed by atoms with van der Waals surface area (Å²) in [5.41, 5.74) is 2.40. The number of aliphatic hydroxyl groups excluding tert-OH is 1. The highest BCUT2D eigenvalue weighted by molar-refractivity contribution is 7.09. The predicted octanol–water partition coefficient (Wildman–Crippen LogP) is 5.37. The zero-order valence-electron chi connectivity index (χ0n) is 15.0. The molecule has 2 aromatic rings. The molecule has 1 N–H and O–H groups in total. The van der Waals surface area contributed by atoms with E-state index in [-0.39, 0.29) is 17.4 Å². The van der Waals surface area contributed by atoms with Gasteiger partial charge in [-0.1, -0.05) is 12.1 Å². The van der Waals surface area contributed by atoms with Crippen LogP contribution in [0.5, 0.6) is 5.75 Å². The van der Waals surface area contributed by atoms with Crippen molar-refractivity contribution < 1.29 is 9.84 Å². The highest BCUT2D eigenvalue weighted by atomic mass is 35.5. The van der Waals surface area contributed by atoms with Gasteiger partial charge in [0.15, 0.2) is 0 Å². The highest BCUT2D eigenvalue weighted by Crippen LogP contribution is 2.39. The van der Waals surface area contributed by atoms with Crippen molar-refractivity contribution in [3.8, 4) is 5.75 Å². The van der Waals surface area contributed by atoms with E-state index in [1.165, 1.54) is 16.0 Å². The molecule has 1 heterocycles. The Bertz CT molecular complexity index is 650. The molecule has 1 fully saturated rings. The molecule has 0 saturated heterocycles. The lowest BCUT2D eigenvalue weighted by Gasteiger charge is -2.24. The number of halogens is 1. The molecule has 1 aliphatic carbocycles. The van der Waals surface area contributed by atoms with Gasteiger partial charge in [0.1, 0.15) is 5.75 Å². The van der Waals surface area contributed by atoms with Crippen LogP contribution in [0.15, 0.2) is 35.7 Å². The predicted molar refractivity (Wildman–Crippen MR) is 106 cm³/mol. The van der Waals surface area contributed by atoms with E-state index in [0.717, 1.165) is 25.0 Å². The third-order valence-corrected chi connectivity index (χ3v) is 6.59. The standard InChI is InChI=1S/C21H27ClO2S/c1-14-9-15(2)11-16(10-14)24-13-19-18(20(22)12-21(19)23)7-3-5-17-6-4-8-25-17/h4,6,8-11,18-21,23H,3,5,7,12-13H2,1-2H3/t18-,19-,20-,21-/m1/s1. The van der Waals surface area contributed by atoms with Gasteiger partial charge in [0.2, 0.25) is 0 Å². The van der Waals surface area contributed by atoms with E-state index >= 15 is 0 Å². The zero-order valence-corrected chi connectivity index (χ0v) is 16.5. The van der Waals surface area contributed by atoms with Crippen molar-refractivity contribution in [1.29, 1.82) is 0 Å². The van der Waals surface area contributed by atoms with Gasteiger partial charge in [-0.05, 0) is 80.2 Å². The lowest BCUT2D eigenvalue weighted by molar-refractivity contribution is 0.0780. The Balaban J connectivity index is 1.57. The fourth-order valence-electron chi connectivity index (χ4n) is 3.94. The summed E-state index contributed by atoms with van der Waals surface area (Å²) in [5.74, 6) is 1.33. The second kappa shape index (κ2) is 8.57. The zero-order chi connectivity index (χ0) is 17.8. The molecule has 0 spiro atoms. The summed E-state index contributed by atoms with van der Waals surface area (Å²) in [6.07, 6.45) is 3.57. The maximum atomic E-state index is 10.4. The molecule has 0 amide bonds. The van der Waals surface area contributed by atoms with Crippen molar-refractivity contribution in [2.75, 3.05) is 6.61 Å². The minimum atomic E-state index is -0.361. The van der Waals surface area contributed by atoms with E-state index in [1.54, 1.807) is 0 Å². The Morgan fingerprint density at radius 1 is 1.20 bits per heavy atom. The number of rotatable bonds is 7. The molecule has 0 radical (unpaired) electrons. The van der Waals surface area contributed by atoms with Gasteiger partial charge in [-0.25, -0.2) is 0 Å². The van der Waals surface area contributed by atoms with E-state index in [9.17, 15) is 5.11 Å². The van der Waals surface area contributed by atoms with Gasteiger partial charge >= 0.3 is 0 Å². The number of alkyl halides is 1. The van der Waals surface area contributed by atoms with Crippen molar-refractivity contribution in [3.05, 3.63) is 51.7 Å². The number of benzene rings is 1. The topological polar surface area (TPSA) is 29.5 Å². The second-order valence-electron chi connectivity index (χ2n) is 7.25. The van der Waals surface area contributed by atoms with Crippen LogP contribution in [0.1, 0.15) is 35.3 Å². The summed E-state index contributed by atoms with van der Waals surface area (Å²) in [7, 11) is 0. The number of thiophene rings is 1. The maximum absolute atomic E-state index is 10.4. The fraction of sp³-hybridized carbons (Fsp3) is 0.524. The molecule has 0 bridgehead atoms. The summed E-state index contributed by atoms with van der Waals surface area (Å²) < 4.78 is 6.04. The van der Waals surface area contributed by atoms with Crippen LogP contribution in [0.4, 0.5) is 0 Å². The molecule has 136 valence electrons. The fourth-order valence-corrected chi connectivity index (χ4v) is 5.19. The van der Waals surface area contributed by atoms with Gasteiger partial charge in [0.25, 0.3) is 0 Å². The van der Waals surface area contributed by atoms with Crippen molar-refractivity contribution in [3.63, 3.8) is 0 Å². The van der Waals surface area contributed by atoms with Gasteiger partial charge in [-0.3, -0.25) is 0 Å². The van der Waals surface area contributed by atoms with E-state index in [1.807, 2.05) is 11.3 Å². The summed E-state index contributed by atoms with van der Waals surface area (Å²) in [5, 5.41) is 12.6. The molecule has 1 aromatic heterocycles. The Hall–Kier alpha value is -1.03. The van der Waals surface area contributed by atoms with E-state index < -0.39 is 0 Å². The average Bonchev–Trinajstić information content (AvgIpc) is 3.14. The molecule has 1 aromatic carbocycles. The van der Waals surface area contributed by atoms with Gasteiger partial charge < -0.3 is 9.84 Å². The Kier molecular flexibility index (Phi) is 6.43. The molecule has 3 rings (SSSR count). The SMILES string of the molecule is Cc1cc(C)cc(OC[C@@H]2[C@@H](CCCc3cccs3)[C@H](Cl)C[C@H]2O)c1. The minimum absolute atomic E-state index is 0.0474. The molecule has 2 nitrogen and oxygen atoms in total. The molecular weight excluding hydrogens is 352 g/mol. The van der Waals surface area contributed by atoms with Crippen LogP contribution in [0.25, 0.3) is 0 Å². The normalized spacial score (nSPS) is 26.1. The van der Waals surface area contributed by atoms with E-state index in [2.05, 4.69) is 49.6 Å². The number of hydrogen-bond acceptors (Lipinski definition) is 3. The average molecular weight is 379 g/mol. The molecule has 4 atom stereocenters. The molecular formula is C21H27ClO2S. The van der Waals surface area contributed by atoms with Gasteiger partial charge in [0.05, 0.1) is 12.7 Å². The number of hydrogen-bond donors (Lipinski definition) is 1. The minimum Gasteiger partial charge on any atom is -0.493 e. The van der Waals surface area contributed by atoms with Crippen LogP contribution >= 0.6 is 22.9 Å². The van der Waals surface area contributed by atoms with Crippen LogP contribution < -0.4 is 4.74 Å². The second-order valence-corrected chi connectivity index (χ2v) is 8.85.